The maximum atomic E-state index is 14.3. The van der Waals surface area contributed by atoms with Gasteiger partial charge in [-0.3, -0.25) is 4.79 Å². The number of aryl methyl sites for hydroxylation is 5. The third-order valence-corrected chi connectivity index (χ3v) is 6.64. The molecule has 0 aromatic heterocycles. The molecule has 0 aliphatic heterocycles. The van der Waals surface area contributed by atoms with E-state index >= 15 is 0 Å². The number of carbonyl (C=O) groups is 2. The van der Waals surface area contributed by atoms with Gasteiger partial charge in [0.25, 0.3) is 0 Å². The average molecular weight is 465 g/mol. The number of rotatable bonds is 6. The molecule has 3 heteroatoms. The molecule has 0 fully saturated rings. The van der Waals surface area contributed by atoms with Gasteiger partial charge < -0.3 is 4.74 Å². The fourth-order valence-corrected chi connectivity index (χ4v) is 4.91. The molecule has 0 saturated heterocycles. The minimum absolute atomic E-state index is 0.140. The van der Waals surface area contributed by atoms with E-state index in [0.717, 1.165) is 45.4 Å². The maximum Gasteiger partial charge on any atom is 0.339 e. The molecular formula is C32H32O3. The van der Waals surface area contributed by atoms with Crippen molar-refractivity contribution in [2.24, 2.45) is 0 Å². The van der Waals surface area contributed by atoms with Crippen molar-refractivity contribution in [3.05, 3.63) is 111 Å². The van der Waals surface area contributed by atoms with Crippen molar-refractivity contribution >= 4 is 28.5 Å². The fourth-order valence-electron chi connectivity index (χ4n) is 4.91. The topological polar surface area (TPSA) is 43.4 Å². The minimum atomic E-state index is -0.467. The predicted molar refractivity (Wildman–Crippen MR) is 143 cm³/mol. The van der Waals surface area contributed by atoms with Crippen LogP contribution in [-0.4, -0.2) is 18.4 Å². The molecule has 1 aliphatic rings. The van der Waals surface area contributed by atoms with Crippen LogP contribution in [0.2, 0.25) is 0 Å². The van der Waals surface area contributed by atoms with Gasteiger partial charge in [0.15, 0.2) is 5.78 Å². The number of esters is 1. The van der Waals surface area contributed by atoms with Crippen LogP contribution in [0.5, 0.6) is 0 Å². The van der Waals surface area contributed by atoms with Crippen molar-refractivity contribution in [2.45, 2.75) is 48.0 Å². The highest BCUT2D eigenvalue weighted by Crippen LogP contribution is 2.47. The number of benzene rings is 3. The van der Waals surface area contributed by atoms with Crippen molar-refractivity contribution in [3.63, 3.8) is 0 Å². The first kappa shape index (κ1) is 24.4. The zero-order chi connectivity index (χ0) is 25.3. The molecule has 0 N–H and O–H groups in total. The van der Waals surface area contributed by atoms with E-state index in [1.165, 1.54) is 5.56 Å². The molecule has 3 aromatic carbocycles. The number of allylic oxidation sites excluding steroid dienone is 2. The van der Waals surface area contributed by atoms with Gasteiger partial charge in [0.2, 0.25) is 0 Å². The van der Waals surface area contributed by atoms with Gasteiger partial charge in [-0.1, -0.05) is 78.7 Å². The quantitative estimate of drug-likeness (QED) is 0.369. The molecule has 0 radical (unpaired) electrons. The first-order valence-corrected chi connectivity index (χ1v) is 12.2. The number of ketones is 1. The van der Waals surface area contributed by atoms with Crippen molar-refractivity contribution in [1.29, 1.82) is 0 Å². The molecule has 0 spiro atoms. The van der Waals surface area contributed by atoms with Crippen LogP contribution in [0, 0.1) is 27.7 Å². The summed E-state index contributed by atoms with van der Waals surface area (Å²) in [5.74, 6) is -0.607. The Morgan fingerprint density at radius 1 is 0.714 bits per heavy atom. The number of Topliss-reactive ketones (excluding diaryl/α,β-unsaturated/α-hetero) is 1. The molecule has 1 aliphatic carbocycles. The second-order valence-electron chi connectivity index (χ2n) is 9.24. The van der Waals surface area contributed by atoms with E-state index in [2.05, 4.69) is 19.1 Å². The van der Waals surface area contributed by atoms with Gasteiger partial charge in [0.05, 0.1) is 12.2 Å². The Labute approximate surface area is 208 Å². The van der Waals surface area contributed by atoms with Crippen molar-refractivity contribution in [2.75, 3.05) is 6.61 Å². The van der Waals surface area contributed by atoms with E-state index in [9.17, 15) is 9.59 Å². The molecule has 35 heavy (non-hydrogen) atoms. The van der Waals surface area contributed by atoms with Gasteiger partial charge in [-0.15, -0.1) is 0 Å². The average Bonchev–Trinajstić information content (AvgIpc) is 3.12. The van der Waals surface area contributed by atoms with Gasteiger partial charge in [-0.25, -0.2) is 4.79 Å². The van der Waals surface area contributed by atoms with Gasteiger partial charge >= 0.3 is 5.97 Å². The first-order chi connectivity index (χ1) is 16.8. The van der Waals surface area contributed by atoms with Gasteiger partial charge in [-0.05, 0) is 74.4 Å². The standard InChI is InChI=1S/C32H32O3/c1-7-23-11-13-24(14-12-23)27-30(32(34)35-8-2)28(25-15-9-19(3)17-21(25)5)29(31(27)33)26-16-10-20(4)18-22(26)6/h9-18H,7-8H2,1-6H3. The third-order valence-electron chi connectivity index (χ3n) is 6.64. The number of carbonyl (C=O) groups excluding carboxylic acids is 2. The first-order valence-electron chi connectivity index (χ1n) is 12.2. The summed E-state index contributed by atoms with van der Waals surface area (Å²) in [6, 6.07) is 20.1. The minimum Gasteiger partial charge on any atom is -0.462 e. The Morgan fingerprint density at radius 3 is 1.74 bits per heavy atom. The number of ether oxygens (including phenoxy) is 1. The fraction of sp³-hybridized carbons (Fsp3) is 0.250. The van der Waals surface area contributed by atoms with Crippen LogP contribution in [0.4, 0.5) is 0 Å². The number of hydrogen-bond acceptors (Lipinski definition) is 3. The van der Waals surface area contributed by atoms with E-state index in [4.69, 9.17) is 4.74 Å². The zero-order valence-corrected chi connectivity index (χ0v) is 21.4. The van der Waals surface area contributed by atoms with Gasteiger partial charge in [0.1, 0.15) is 0 Å². The molecule has 4 rings (SSSR count). The van der Waals surface area contributed by atoms with Crippen LogP contribution in [0.25, 0.3) is 16.7 Å². The summed E-state index contributed by atoms with van der Waals surface area (Å²) in [5.41, 5.74) is 9.88. The summed E-state index contributed by atoms with van der Waals surface area (Å²) >= 11 is 0. The van der Waals surface area contributed by atoms with Crippen LogP contribution in [0.15, 0.2) is 66.2 Å². The Balaban J connectivity index is 2.09. The monoisotopic (exact) mass is 464 g/mol. The van der Waals surface area contributed by atoms with Crippen molar-refractivity contribution in [1.82, 2.24) is 0 Å². The Morgan fingerprint density at radius 2 is 1.26 bits per heavy atom. The highest BCUT2D eigenvalue weighted by Gasteiger charge is 2.39. The Kier molecular flexibility index (Phi) is 6.88. The second kappa shape index (κ2) is 9.87. The SMILES string of the molecule is CCOC(=O)C1=C(c2ccc(CC)cc2)C(=O)C(c2ccc(C)cc2C)=C1c1ccc(C)cc1C. The molecule has 178 valence electrons. The van der Waals surface area contributed by atoms with Crippen LogP contribution in [-0.2, 0) is 20.7 Å². The largest absolute Gasteiger partial charge is 0.462 e. The molecule has 0 amide bonds. The maximum absolute atomic E-state index is 14.3. The van der Waals surface area contributed by atoms with Crippen LogP contribution in [0.1, 0.15) is 58.4 Å². The van der Waals surface area contributed by atoms with E-state index in [-0.39, 0.29) is 12.4 Å². The summed E-state index contributed by atoms with van der Waals surface area (Å²) < 4.78 is 5.54. The van der Waals surface area contributed by atoms with Crippen LogP contribution in [0.3, 0.4) is 0 Å². The Bertz CT molecular complexity index is 1380. The Hall–Kier alpha value is -3.72. The summed E-state index contributed by atoms with van der Waals surface area (Å²) in [7, 11) is 0. The molecule has 0 bridgehead atoms. The molecule has 3 aromatic rings. The normalized spacial score (nSPS) is 13.6. The van der Waals surface area contributed by atoms with Crippen molar-refractivity contribution < 1.29 is 14.3 Å². The number of hydrogen-bond donors (Lipinski definition) is 0. The van der Waals surface area contributed by atoms with Crippen LogP contribution >= 0.6 is 0 Å². The van der Waals surface area contributed by atoms with Gasteiger partial charge in [-0.2, -0.15) is 0 Å². The summed E-state index contributed by atoms with van der Waals surface area (Å²) in [6.45, 7) is 12.2. The third kappa shape index (κ3) is 4.51. The lowest BCUT2D eigenvalue weighted by molar-refractivity contribution is -0.138. The second-order valence-corrected chi connectivity index (χ2v) is 9.24. The predicted octanol–water partition coefficient (Wildman–Crippen LogP) is 6.99. The summed E-state index contributed by atoms with van der Waals surface area (Å²) in [4.78, 5) is 27.8. The lowest BCUT2D eigenvalue weighted by Crippen LogP contribution is -2.11. The molecule has 0 heterocycles. The van der Waals surface area contributed by atoms with E-state index in [0.29, 0.717) is 22.3 Å². The highest BCUT2D eigenvalue weighted by molar-refractivity contribution is 6.55. The summed E-state index contributed by atoms with van der Waals surface area (Å²) in [6.07, 6.45) is 0.901. The highest BCUT2D eigenvalue weighted by atomic mass is 16.5. The molecule has 0 atom stereocenters. The van der Waals surface area contributed by atoms with E-state index < -0.39 is 5.97 Å². The van der Waals surface area contributed by atoms with E-state index in [1.54, 1.807) is 6.92 Å². The van der Waals surface area contributed by atoms with Crippen molar-refractivity contribution in [3.8, 4) is 0 Å². The van der Waals surface area contributed by atoms with Crippen LogP contribution < -0.4 is 0 Å². The molecule has 0 saturated carbocycles. The smallest absolute Gasteiger partial charge is 0.339 e. The zero-order valence-electron chi connectivity index (χ0n) is 21.4. The van der Waals surface area contributed by atoms with E-state index in [1.807, 2.05) is 76.2 Å². The molecule has 0 unspecified atom stereocenters. The summed E-state index contributed by atoms with van der Waals surface area (Å²) in [5, 5.41) is 0. The molecule has 3 nitrogen and oxygen atoms in total. The lowest BCUT2D eigenvalue weighted by Gasteiger charge is -2.16. The molecular weight excluding hydrogens is 432 g/mol. The van der Waals surface area contributed by atoms with Gasteiger partial charge in [0, 0.05) is 16.7 Å². The lowest BCUT2D eigenvalue weighted by atomic mass is 9.88.